The van der Waals surface area contributed by atoms with Crippen LogP contribution >= 0.6 is 0 Å². The summed E-state index contributed by atoms with van der Waals surface area (Å²) in [5.74, 6) is -1.98. The Morgan fingerprint density at radius 3 is 1.64 bits per heavy atom. The van der Waals surface area contributed by atoms with Crippen molar-refractivity contribution in [2.75, 3.05) is 0 Å². The molecule has 0 spiro atoms. The van der Waals surface area contributed by atoms with Gasteiger partial charge < -0.3 is 0 Å². The summed E-state index contributed by atoms with van der Waals surface area (Å²) in [6.07, 6.45) is 0.0941. The highest BCUT2D eigenvalue weighted by molar-refractivity contribution is 6.11. The third-order valence-electron chi connectivity index (χ3n) is 4.91. The van der Waals surface area contributed by atoms with E-state index in [2.05, 4.69) is 0 Å². The Balaban J connectivity index is 2.00. The molecule has 0 saturated carbocycles. The van der Waals surface area contributed by atoms with Gasteiger partial charge in [-0.15, -0.1) is 0 Å². The summed E-state index contributed by atoms with van der Waals surface area (Å²) in [4.78, 5) is 38.6. The van der Waals surface area contributed by atoms with Crippen LogP contribution in [0.25, 0.3) is 0 Å². The van der Waals surface area contributed by atoms with Crippen LogP contribution in [0.5, 0.6) is 0 Å². The first-order chi connectivity index (χ1) is 13.6. The van der Waals surface area contributed by atoms with Gasteiger partial charge in [-0.2, -0.15) is 0 Å². The van der Waals surface area contributed by atoms with Crippen molar-refractivity contribution in [1.82, 2.24) is 0 Å². The first-order valence-electron chi connectivity index (χ1n) is 9.31. The van der Waals surface area contributed by atoms with Gasteiger partial charge in [0.25, 0.3) is 0 Å². The van der Waals surface area contributed by atoms with Gasteiger partial charge in [-0.25, -0.2) is 0 Å². The number of carbonyl (C=O) groups is 3. The fourth-order valence-corrected chi connectivity index (χ4v) is 3.50. The predicted octanol–water partition coefficient (Wildman–Crippen LogP) is 5.13. The van der Waals surface area contributed by atoms with Crippen LogP contribution in [0.2, 0.25) is 0 Å². The highest BCUT2D eigenvalue weighted by Crippen LogP contribution is 2.33. The summed E-state index contributed by atoms with van der Waals surface area (Å²) >= 11 is 0. The molecule has 3 rings (SSSR count). The molecule has 28 heavy (non-hydrogen) atoms. The highest BCUT2D eigenvalue weighted by Gasteiger charge is 2.35. The van der Waals surface area contributed by atoms with Gasteiger partial charge in [0.05, 0.1) is 5.92 Å². The van der Waals surface area contributed by atoms with Gasteiger partial charge in [0.2, 0.25) is 0 Å². The summed E-state index contributed by atoms with van der Waals surface area (Å²) in [5.41, 5.74) is 1.88. The Morgan fingerprint density at radius 1 is 0.679 bits per heavy atom. The maximum atomic E-state index is 13.2. The summed E-state index contributed by atoms with van der Waals surface area (Å²) in [5, 5.41) is 0. The molecule has 0 N–H and O–H groups in total. The Kier molecular flexibility index (Phi) is 6.28. The number of ketones is 3. The van der Waals surface area contributed by atoms with Crippen molar-refractivity contribution < 1.29 is 14.4 Å². The summed E-state index contributed by atoms with van der Waals surface area (Å²) in [6.45, 7) is 1.43. The molecule has 3 aromatic rings. The molecular weight excluding hydrogens is 348 g/mol. The topological polar surface area (TPSA) is 51.2 Å². The third kappa shape index (κ3) is 4.49. The van der Waals surface area contributed by atoms with E-state index in [0.717, 1.165) is 5.56 Å². The van der Waals surface area contributed by atoms with E-state index in [1.807, 2.05) is 54.6 Å². The van der Waals surface area contributed by atoms with E-state index in [1.54, 1.807) is 36.4 Å². The molecular formula is C25H22O3. The zero-order valence-electron chi connectivity index (χ0n) is 15.7. The molecule has 0 fully saturated rings. The van der Waals surface area contributed by atoms with Crippen LogP contribution in [0.4, 0.5) is 0 Å². The van der Waals surface area contributed by atoms with Crippen LogP contribution < -0.4 is 0 Å². The lowest BCUT2D eigenvalue weighted by atomic mass is 9.76. The van der Waals surface area contributed by atoms with Crippen molar-refractivity contribution in [3.63, 3.8) is 0 Å². The Morgan fingerprint density at radius 2 is 1.14 bits per heavy atom. The third-order valence-corrected chi connectivity index (χ3v) is 4.91. The molecule has 0 saturated heterocycles. The Hall–Kier alpha value is -3.33. The van der Waals surface area contributed by atoms with Crippen molar-refractivity contribution in [3.05, 3.63) is 108 Å². The summed E-state index contributed by atoms with van der Waals surface area (Å²) < 4.78 is 0. The average molecular weight is 370 g/mol. The monoisotopic (exact) mass is 370 g/mol. The van der Waals surface area contributed by atoms with Crippen LogP contribution in [-0.2, 0) is 4.79 Å². The predicted molar refractivity (Wildman–Crippen MR) is 110 cm³/mol. The molecule has 140 valence electrons. The molecule has 0 aliphatic heterocycles. The average Bonchev–Trinajstić information content (AvgIpc) is 2.74. The van der Waals surface area contributed by atoms with Gasteiger partial charge in [0.1, 0.15) is 5.78 Å². The van der Waals surface area contributed by atoms with Crippen LogP contribution in [0, 0.1) is 5.92 Å². The number of benzene rings is 3. The molecule has 3 heteroatoms. The number of hydrogen-bond acceptors (Lipinski definition) is 3. The molecule has 0 bridgehead atoms. The van der Waals surface area contributed by atoms with E-state index in [4.69, 9.17) is 0 Å². The lowest BCUT2D eigenvalue weighted by Gasteiger charge is -2.24. The Labute approximate surface area is 165 Å². The molecule has 0 aromatic heterocycles. The number of Topliss-reactive ketones (excluding diaryl/α,β-unsaturated/α-hetero) is 3. The minimum atomic E-state index is -0.905. The van der Waals surface area contributed by atoms with Crippen LogP contribution in [0.3, 0.4) is 0 Å². The fraction of sp³-hybridized carbons (Fsp3) is 0.160. The highest BCUT2D eigenvalue weighted by atomic mass is 16.2. The second-order valence-corrected chi connectivity index (χ2v) is 6.83. The SMILES string of the molecule is CC(=O)C(C(=O)c1ccccc1)C(CC(=O)c1ccccc1)c1ccccc1. The lowest BCUT2D eigenvalue weighted by molar-refractivity contribution is -0.119. The van der Waals surface area contributed by atoms with E-state index < -0.39 is 11.8 Å². The Bertz CT molecular complexity index is 947. The molecule has 3 nitrogen and oxygen atoms in total. The lowest BCUT2D eigenvalue weighted by Crippen LogP contribution is -2.30. The van der Waals surface area contributed by atoms with Gasteiger partial charge in [-0.3, -0.25) is 14.4 Å². The normalized spacial score (nSPS) is 12.8. The van der Waals surface area contributed by atoms with Crippen LogP contribution in [-0.4, -0.2) is 17.3 Å². The zero-order chi connectivity index (χ0) is 19.9. The van der Waals surface area contributed by atoms with Crippen molar-refractivity contribution in [3.8, 4) is 0 Å². The minimum absolute atomic E-state index is 0.0819. The standard InChI is InChI=1S/C25H22O3/c1-18(26)24(25(28)21-15-9-4-10-16-21)22(19-11-5-2-6-12-19)17-23(27)20-13-7-3-8-14-20/h2-16,22,24H,17H2,1H3. The second-order valence-electron chi connectivity index (χ2n) is 6.83. The second kappa shape index (κ2) is 9.05. The van der Waals surface area contributed by atoms with Gasteiger partial charge >= 0.3 is 0 Å². The first-order valence-corrected chi connectivity index (χ1v) is 9.31. The van der Waals surface area contributed by atoms with E-state index in [-0.39, 0.29) is 23.8 Å². The van der Waals surface area contributed by atoms with Crippen LogP contribution in [0.15, 0.2) is 91.0 Å². The molecule has 3 aromatic carbocycles. The van der Waals surface area contributed by atoms with Crippen molar-refractivity contribution in [2.24, 2.45) is 5.92 Å². The van der Waals surface area contributed by atoms with Gasteiger partial charge in [0.15, 0.2) is 11.6 Å². The smallest absolute Gasteiger partial charge is 0.173 e. The van der Waals surface area contributed by atoms with Crippen molar-refractivity contribution in [2.45, 2.75) is 19.3 Å². The van der Waals surface area contributed by atoms with E-state index in [0.29, 0.717) is 11.1 Å². The van der Waals surface area contributed by atoms with E-state index in [9.17, 15) is 14.4 Å². The molecule has 2 unspecified atom stereocenters. The van der Waals surface area contributed by atoms with E-state index >= 15 is 0 Å². The molecule has 2 atom stereocenters. The number of rotatable bonds is 8. The van der Waals surface area contributed by atoms with Crippen LogP contribution in [0.1, 0.15) is 45.5 Å². The summed E-state index contributed by atoms with van der Waals surface area (Å²) in [7, 11) is 0. The molecule has 0 radical (unpaired) electrons. The van der Waals surface area contributed by atoms with Gasteiger partial charge in [-0.05, 0) is 12.5 Å². The number of hydrogen-bond donors (Lipinski definition) is 0. The molecule has 0 heterocycles. The minimum Gasteiger partial charge on any atom is -0.299 e. The maximum Gasteiger partial charge on any atom is 0.173 e. The number of carbonyl (C=O) groups excluding carboxylic acids is 3. The molecule has 0 aliphatic carbocycles. The maximum absolute atomic E-state index is 13.2. The van der Waals surface area contributed by atoms with Crippen molar-refractivity contribution in [1.29, 1.82) is 0 Å². The zero-order valence-corrected chi connectivity index (χ0v) is 15.7. The van der Waals surface area contributed by atoms with Crippen molar-refractivity contribution >= 4 is 17.3 Å². The quantitative estimate of drug-likeness (QED) is 0.408. The molecule has 0 aliphatic rings. The summed E-state index contributed by atoms with van der Waals surface area (Å²) in [6, 6.07) is 27.1. The first kappa shape index (κ1) is 19.4. The van der Waals surface area contributed by atoms with Gasteiger partial charge in [-0.1, -0.05) is 91.0 Å². The van der Waals surface area contributed by atoms with Gasteiger partial charge in [0, 0.05) is 23.5 Å². The fourth-order valence-electron chi connectivity index (χ4n) is 3.50. The van der Waals surface area contributed by atoms with E-state index in [1.165, 1.54) is 6.92 Å². The largest absolute Gasteiger partial charge is 0.299 e. The molecule has 0 amide bonds.